The fraction of sp³-hybridized carbons (Fsp3) is 0.647. The number of carbonyl (C=O) groups is 1. The molecule has 1 aliphatic heterocycles. The summed E-state index contributed by atoms with van der Waals surface area (Å²) in [6.45, 7) is 7.60. The highest BCUT2D eigenvalue weighted by molar-refractivity contribution is 5.96. The number of aromatic nitrogens is 1. The third-order valence-electron chi connectivity index (χ3n) is 4.15. The summed E-state index contributed by atoms with van der Waals surface area (Å²) in [5.74, 6) is 0.301. The van der Waals surface area contributed by atoms with Crippen LogP contribution >= 0.6 is 0 Å². The van der Waals surface area contributed by atoms with Crippen molar-refractivity contribution < 1.29 is 9.53 Å². The van der Waals surface area contributed by atoms with E-state index in [4.69, 9.17) is 4.74 Å². The summed E-state index contributed by atoms with van der Waals surface area (Å²) < 4.78 is 5.39. The van der Waals surface area contributed by atoms with E-state index in [1.165, 1.54) is 25.8 Å². The lowest BCUT2D eigenvalue weighted by molar-refractivity contribution is 0.0944. The summed E-state index contributed by atoms with van der Waals surface area (Å²) in [5, 5.41) is 2.97. The number of pyridine rings is 1. The largest absolute Gasteiger partial charge is 0.477 e. The molecule has 0 aliphatic carbocycles. The van der Waals surface area contributed by atoms with Crippen molar-refractivity contribution in [3.8, 4) is 5.88 Å². The van der Waals surface area contributed by atoms with Crippen molar-refractivity contribution in [1.29, 1.82) is 0 Å². The Balaban J connectivity index is 1.76. The molecule has 1 N–H and O–H groups in total. The molecule has 122 valence electrons. The van der Waals surface area contributed by atoms with Crippen LogP contribution in [0.5, 0.6) is 5.88 Å². The van der Waals surface area contributed by atoms with Crippen molar-refractivity contribution in [1.82, 2.24) is 15.2 Å². The third kappa shape index (κ3) is 4.70. The van der Waals surface area contributed by atoms with Crippen molar-refractivity contribution >= 4 is 5.91 Å². The summed E-state index contributed by atoms with van der Waals surface area (Å²) in [7, 11) is 0. The molecule has 0 bridgehead atoms. The van der Waals surface area contributed by atoms with E-state index in [1.54, 1.807) is 18.3 Å². The SMILES string of the molecule is CCOc1ncccc1C(=O)NCCCN1CCCCC1C. The zero-order valence-electron chi connectivity index (χ0n) is 13.7. The van der Waals surface area contributed by atoms with E-state index < -0.39 is 0 Å². The number of ether oxygens (including phenoxy) is 1. The Morgan fingerprint density at radius 2 is 2.36 bits per heavy atom. The zero-order valence-corrected chi connectivity index (χ0v) is 13.7. The van der Waals surface area contributed by atoms with Crippen molar-refractivity contribution in [3.05, 3.63) is 23.9 Å². The minimum Gasteiger partial charge on any atom is -0.477 e. The Hall–Kier alpha value is -1.62. The molecule has 2 heterocycles. The smallest absolute Gasteiger partial charge is 0.256 e. The highest BCUT2D eigenvalue weighted by Gasteiger charge is 2.17. The molecule has 2 rings (SSSR count). The minimum absolute atomic E-state index is 0.108. The number of piperidine rings is 1. The van der Waals surface area contributed by atoms with Crippen LogP contribution in [-0.4, -0.2) is 48.1 Å². The number of amides is 1. The topological polar surface area (TPSA) is 54.5 Å². The number of hydrogen-bond acceptors (Lipinski definition) is 4. The first kappa shape index (κ1) is 16.7. The van der Waals surface area contributed by atoms with Crippen LogP contribution < -0.4 is 10.1 Å². The maximum Gasteiger partial charge on any atom is 0.256 e. The fourth-order valence-electron chi connectivity index (χ4n) is 2.88. The van der Waals surface area contributed by atoms with Crippen LogP contribution in [0.25, 0.3) is 0 Å². The summed E-state index contributed by atoms with van der Waals surface area (Å²) >= 11 is 0. The van der Waals surface area contributed by atoms with Crippen LogP contribution in [0.3, 0.4) is 0 Å². The Morgan fingerprint density at radius 3 is 3.14 bits per heavy atom. The first-order valence-electron chi connectivity index (χ1n) is 8.32. The summed E-state index contributed by atoms with van der Waals surface area (Å²) in [6.07, 6.45) is 6.54. The third-order valence-corrected chi connectivity index (χ3v) is 4.15. The lowest BCUT2D eigenvalue weighted by Gasteiger charge is -2.33. The van der Waals surface area contributed by atoms with Gasteiger partial charge in [-0.15, -0.1) is 0 Å². The maximum atomic E-state index is 12.2. The zero-order chi connectivity index (χ0) is 15.8. The maximum absolute atomic E-state index is 12.2. The number of nitrogens with zero attached hydrogens (tertiary/aromatic N) is 2. The second kappa shape index (κ2) is 8.73. The number of carbonyl (C=O) groups excluding carboxylic acids is 1. The molecular formula is C17H27N3O2. The molecule has 22 heavy (non-hydrogen) atoms. The van der Waals surface area contributed by atoms with Gasteiger partial charge in [0.25, 0.3) is 5.91 Å². The molecule has 5 nitrogen and oxygen atoms in total. The molecule has 1 unspecified atom stereocenters. The minimum atomic E-state index is -0.108. The molecule has 5 heteroatoms. The summed E-state index contributed by atoms with van der Waals surface area (Å²) in [4.78, 5) is 18.8. The van der Waals surface area contributed by atoms with E-state index in [9.17, 15) is 4.79 Å². The van der Waals surface area contributed by atoms with Gasteiger partial charge >= 0.3 is 0 Å². The Kier molecular flexibility index (Phi) is 6.65. The molecule has 0 radical (unpaired) electrons. The molecule has 1 aliphatic rings. The second-order valence-electron chi connectivity index (χ2n) is 5.78. The van der Waals surface area contributed by atoms with Crippen molar-refractivity contribution in [2.75, 3.05) is 26.2 Å². The molecule has 1 atom stereocenters. The number of nitrogens with one attached hydrogen (secondary N) is 1. The number of rotatable bonds is 7. The monoisotopic (exact) mass is 305 g/mol. The van der Waals surface area contributed by atoms with Crippen LogP contribution in [0.4, 0.5) is 0 Å². The van der Waals surface area contributed by atoms with Gasteiger partial charge in [-0.05, 0) is 51.8 Å². The predicted molar refractivity (Wildman–Crippen MR) is 87.2 cm³/mol. The number of likely N-dealkylation sites (tertiary alicyclic amines) is 1. The van der Waals surface area contributed by atoms with Gasteiger partial charge in [0.2, 0.25) is 5.88 Å². The van der Waals surface area contributed by atoms with Gasteiger partial charge in [0.05, 0.1) is 6.61 Å². The number of hydrogen-bond donors (Lipinski definition) is 1. The van der Waals surface area contributed by atoms with E-state index in [-0.39, 0.29) is 5.91 Å². The van der Waals surface area contributed by atoms with Gasteiger partial charge in [-0.3, -0.25) is 4.79 Å². The van der Waals surface area contributed by atoms with Crippen molar-refractivity contribution in [2.45, 2.75) is 45.6 Å². The molecular weight excluding hydrogens is 278 g/mol. The normalized spacial score (nSPS) is 18.9. The lowest BCUT2D eigenvalue weighted by atomic mass is 10.0. The van der Waals surface area contributed by atoms with Gasteiger partial charge in [-0.1, -0.05) is 6.42 Å². The predicted octanol–water partition coefficient (Wildman–Crippen LogP) is 2.47. The first-order valence-corrected chi connectivity index (χ1v) is 8.32. The van der Waals surface area contributed by atoms with Crippen LogP contribution in [0, 0.1) is 0 Å². The molecule has 1 aromatic heterocycles. The van der Waals surface area contributed by atoms with E-state index in [0.29, 0.717) is 30.6 Å². The van der Waals surface area contributed by atoms with E-state index in [1.807, 2.05) is 6.92 Å². The molecule has 0 saturated carbocycles. The molecule has 0 spiro atoms. The Morgan fingerprint density at radius 1 is 1.50 bits per heavy atom. The van der Waals surface area contributed by atoms with E-state index in [0.717, 1.165) is 13.0 Å². The van der Waals surface area contributed by atoms with Gasteiger partial charge in [0.1, 0.15) is 5.56 Å². The van der Waals surface area contributed by atoms with Crippen LogP contribution in [0.1, 0.15) is 49.9 Å². The summed E-state index contributed by atoms with van der Waals surface area (Å²) in [6, 6.07) is 4.18. The van der Waals surface area contributed by atoms with Crippen LogP contribution in [-0.2, 0) is 0 Å². The highest BCUT2D eigenvalue weighted by Crippen LogP contribution is 2.16. The van der Waals surface area contributed by atoms with E-state index >= 15 is 0 Å². The van der Waals surface area contributed by atoms with Gasteiger partial charge in [0, 0.05) is 25.3 Å². The average molecular weight is 305 g/mol. The lowest BCUT2D eigenvalue weighted by Crippen LogP contribution is -2.39. The van der Waals surface area contributed by atoms with E-state index in [2.05, 4.69) is 22.1 Å². The highest BCUT2D eigenvalue weighted by atomic mass is 16.5. The molecule has 1 saturated heterocycles. The Bertz CT molecular complexity index is 479. The molecule has 1 aromatic rings. The van der Waals surface area contributed by atoms with Gasteiger partial charge in [0.15, 0.2) is 0 Å². The quantitative estimate of drug-likeness (QED) is 0.786. The first-order chi connectivity index (χ1) is 10.7. The van der Waals surface area contributed by atoms with Crippen LogP contribution in [0.15, 0.2) is 18.3 Å². The molecule has 0 aromatic carbocycles. The van der Waals surface area contributed by atoms with Gasteiger partial charge < -0.3 is 15.0 Å². The van der Waals surface area contributed by atoms with Gasteiger partial charge in [-0.25, -0.2) is 4.98 Å². The second-order valence-corrected chi connectivity index (χ2v) is 5.78. The van der Waals surface area contributed by atoms with Gasteiger partial charge in [-0.2, -0.15) is 0 Å². The average Bonchev–Trinajstić information content (AvgIpc) is 2.54. The van der Waals surface area contributed by atoms with Crippen molar-refractivity contribution in [3.63, 3.8) is 0 Å². The van der Waals surface area contributed by atoms with Crippen LogP contribution in [0.2, 0.25) is 0 Å². The van der Waals surface area contributed by atoms with Crippen molar-refractivity contribution in [2.24, 2.45) is 0 Å². The summed E-state index contributed by atoms with van der Waals surface area (Å²) in [5.41, 5.74) is 0.510. The molecule has 1 amide bonds. The fourth-order valence-corrected chi connectivity index (χ4v) is 2.88. The standard InChI is InChI=1S/C17H27N3O2/c1-3-22-17-15(9-6-10-19-17)16(21)18-11-7-13-20-12-5-4-8-14(20)2/h6,9-10,14H,3-5,7-8,11-13H2,1-2H3,(H,18,21). The Labute approximate surface area is 133 Å². The molecule has 1 fully saturated rings.